The lowest BCUT2D eigenvalue weighted by molar-refractivity contribution is 0.0469. The van der Waals surface area contributed by atoms with E-state index < -0.39 is 5.97 Å². The molecule has 28 heavy (non-hydrogen) atoms. The van der Waals surface area contributed by atoms with Crippen LogP contribution in [-0.4, -0.2) is 32.7 Å². The maximum atomic E-state index is 12.5. The lowest BCUT2D eigenvalue weighted by Crippen LogP contribution is -2.15. The van der Waals surface area contributed by atoms with Gasteiger partial charge in [0.25, 0.3) is 0 Å². The normalized spacial score (nSPS) is 10.9. The molecule has 0 unspecified atom stereocenters. The number of ether oxygens (including phenoxy) is 1. The second-order valence-electron chi connectivity index (χ2n) is 6.37. The molecule has 7 nitrogen and oxygen atoms in total. The number of rotatable bonds is 5. The van der Waals surface area contributed by atoms with E-state index >= 15 is 0 Å². The third-order valence-corrected chi connectivity index (χ3v) is 4.51. The van der Waals surface area contributed by atoms with Crippen molar-refractivity contribution >= 4 is 28.3 Å². The number of benzene rings is 2. The van der Waals surface area contributed by atoms with Gasteiger partial charge in [0.2, 0.25) is 5.78 Å². The molecule has 0 fully saturated rings. The SMILES string of the molecule is Cn1cc(C(=O)COC(=O)c2ccn(-c3ccccc3N)n2)c2ccccc21. The van der Waals surface area contributed by atoms with Crippen molar-refractivity contribution in [3.63, 3.8) is 0 Å². The van der Waals surface area contributed by atoms with Crippen molar-refractivity contribution in [1.29, 1.82) is 0 Å². The number of nitrogens with zero attached hydrogens (tertiary/aromatic N) is 3. The molecular weight excluding hydrogens is 356 g/mol. The summed E-state index contributed by atoms with van der Waals surface area (Å²) in [5, 5.41) is 5.02. The molecule has 0 bridgehead atoms. The van der Waals surface area contributed by atoms with Gasteiger partial charge in [-0.25, -0.2) is 9.48 Å². The number of aromatic nitrogens is 3. The molecule has 0 saturated heterocycles. The van der Waals surface area contributed by atoms with Crippen molar-refractivity contribution in [3.05, 3.63) is 78.2 Å². The quantitative estimate of drug-likeness (QED) is 0.329. The van der Waals surface area contributed by atoms with Gasteiger partial charge in [-0.05, 0) is 24.3 Å². The number of aryl methyl sites for hydroxylation is 1. The predicted molar refractivity (Wildman–Crippen MR) is 106 cm³/mol. The maximum Gasteiger partial charge on any atom is 0.359 e. The first-order valence-corrected chi connectivity index (χ1v) is 8.69. The van der Waals surface area contributed by atoms with E-state index in [-0.39, 0.29) is 18.1 Å². The van der Waals surface area contributed by atoms with Gasteiger partial charge in [0.05, 0.1) is 11.4 Å². The Bertz CT molecular complexity index is 1190. The van der Waals surface area contributed by atoms with E-state index in [4.69, 9.17) is 10.5 Å². The summed E-state index contributed by atoms with van der Waals surface area (Å²) in [6.45, 7) is -0.354. The lowest BCUT2D eigenvalue weighted by atomic mass is 10.1. The summed E-state index contributed by atoms with van der Waals surface area (Å²) in [6, 6.07) is 16.3. The molecule has 140 valence electrons. The van der Waals surface area contributed by atoms with Gasteiger partial charge in [-0.2, -0.15) is 5.10 Å². The average molecular weight is 374 g/mol. The number of hydrogen-bond donors (Lipinski definition) is 1. The molecule has 0 aliphatic rings. The molecule has 2 aromatic heterocycles. The number of Topliss-reactive ketones (excluding diaryl/α,β-unsaturated/α-hetero) is 1. The van der Waals surface area contributed by atoms with Gasteiger partial charge < -0.3 is 15.0 Å². The minimum atomic E-state index is -0.665. The molecule has 0 radical (unpaired) electrons. The van der Waals surface area contributed by atoms with Crippen LogP contribution >= 0.6 is 0 Å². The fourth-order valence-corrected chi connectivity index (χ4v) is 3.11. The van der Waals surface area contributed by atoms with Gasteiger partial charge in [0.1, 0.15) is 0 Å². The van der Waals surface area contributed by atoms with Gasteiger partial charge in [0.15, 0.2) is 12.3 Å². The molecule has 2 N–H and O–H groups in total. The second-order valence-corrected chi connectivity index (χ2v) is 6.37. The van der Waals surface area contributed by atoms with Crippen molar-refractivity contribution in [2.45, 2.75) is 0 Å². The predicted octanol–water partition coefficient (Wildman–Crippen LogP) is 2.99. The minimum Gasteiger partial charge on any atom is -0.453 e. The number of nitrogen functional groups attached to an aromatic ring is 1. The zero-order valence-electron chi connectivity index (χ0n) is 15.2. The van der Waals surface area contributed by atoms with E-state index in [0.717, 1.165) is 10.9 Å². The van der Waals surface area contributed by atoms with Crippen LogP contribution < -0.4 is 5.73 Å². The Balaban J connectivity index is 1.47. The fourth-order valence-electron chi connectivity index (χ4n) is 3.11. The van der Waals surface area contributed by atoms with Gasteiger partial charge in [-0.15, -0.1) is 0 Å². The topological polar surface area (TPSA) is 92.1 Å². The monoisotopic (exact) mass is 374 g/mol. The van der Waals surface area contributed by atoms with E-state index in [1.807, 2.05) is 48.0 Å². The maximum absolute atomic E-state index is 12.5. The highest BCUT2D eigenvalue weighted by molar-refractivity contribution is 6.09. The fraction of sp³-hybridized carbons (Fsp3) is 0.0952. The first-order chi connectivity index (χ1) is 13.5. The van der Waals surface area contributed by atoms with Gasteiger partial charge >= 0.3 is 5.97 Å². The first kappa shape index (κ1) is 17.5. The zero-order chi connectivity index (χ0) is 19.7. The summed E-state index contributed by atoms with van der Waals surface area (Å²) in [7, 11) is 1.87. The molecule has 0 aliphatic carbocycles. The Morgan fingerprint density at radius 2 is 1.82 bits per heavy atom. The van der Waals surface area contributed by atoms with Crippen LogP contribution in [-0.2, 0) is 11.8 Å². The van der Waals surface area contributed by atoms with Crippen LogP contribution in [0.4, 0.5) is 5.69 Å². The Hall–Kier alpha value is -3.87. The van der Waals surface area contributed by atoms with E-state index in [1.54, 1.807) is 24.5 Å². The highest BCUT2D eigenvalue weighted by Gasteiger charge is 2.18. The van der Waals surface area contributed by atoms with Crippen LogP contribution in [0.2, 0.25) is 0 Å². The van der Waals surface area contributed by atoms with Crippen LogP contribution in [0.3, 0.4) is 0 Å². The van der Waals surface area contributed by atoms with Crippen molar-refractivity contribution < 1.29 is 14.3 Å². The number of hydrogen-bond acceptors (Lipinski definition) is 5. The van der Waals surface area contributed by atoms with Crippen molar-refractivity contribution in [2.24, 2.45) is 7.05 Å². The number of fused-ring (bicyclic) bond motifs is 1. The highest BCUT2D eigenvalue weighted by Crippen LogP contribution is 2.21. The van der Waals surface area contributed by atoms with Crippen molar-refractivity contribution in [1.82, 2.24) is 14.3 Å². The molecule has 4 rings (SSSR count). The molecule has 2 aromatic carbocycles. The number of carbonyl (C=O) groups excluding carboxylic acids is 2. The number of anilines is 1. The summed E-state index contributed by atoms with van der Waals surface area (Å²) < 4.78 is 8.55. The van der Waals surface area contributed by atoms with E-state index in [1.165, 1.54) is 10.7 Å². The third-order valence-electron chi connectivity index (χ3n) is 4.51. The van der Waals surface area contributed by atoms with E-state index in [9.17, 15) is 9.59 Å². The average Bonchev–Trinajstić information content (AvgIpc) is 3.32. The van der Waals surface area contributed by atoms with Crippen molar-refractivity contribution in [3.8, 4) is 5.69 Å². The smallest absolute Gasteiger partial charge is 0.359 e. The lowest BCUT2D eigenvalue weighted by Gasteiger charge is -2.04. The number of esters is 1. The molecule has 7 heteroatoms. The van der Waals surface area contributed by atoms with Crippen molar-refractivity contribution in [2.75, 3.05) is 12.3 Å². The van der Waals surface area contributed by atoms with E-state index in [2.05, 4.69) is 5.10 Å². The third kappa shape index (κ3) is 3.14. The minimum absolute atomic E-state index is 0.106. The molecular formula is C21H18N4O3. The Morgan fingerprint density at radius 3 is 2.64 bits per heavy atom. The van der Waals surface area contributed by atoms with Gasteiger partial charge in [-0.3, -0.25) is 4.79 Å². The number of nitrogens with two attached hydrogens (primary N) is 1. The zero-order valence-corrected chi connectivity index (χ0v) is 15.2. The summed E-state index contributed by atoms with van der Waals surface area (Å²) in [5.41, 5.74) is 8.69. The number of para-hydroxylation sites is 3. The molecule has 0 aliphatic heterocycles. The number of carbonyl (C=O) groups is 2. The Morgan fingerprint density at radius 1 is 1.07 bits per heavy atom. The summed E-state index contributed by atoms with van der Waals surface area (Å²) in [5.74, 6) is -0.932. The second kappa shape index (κ2) is 7.03. The summed E-state index contributed by atoms with van der Waals surface area (Å²) >= 11 is 0. The van der Waals surface area contributed by atoms with Crippen LogP contribution in [0, 0.1) is 0 Å². The molecule has 2 heterocycles. The first-order valence-electron chi connectivity index (χ1n) is 8.69. The van der Waals surface area contributed by atoms with Gasteiger partial charge in [0, 0.05) is 35.9 Å². The number of ketones is 1. The molecule has 0 amide bonds. The largest absolute Gasteiger partial charge is 0.453 e. The standard InChI is InChI=1S/C21H18N4O3/c1-24-12-15(14-6-2-4-8-18(14)24)20(26)13-28-21(27)17-10-11-25(23-17)19-9-5-3-7-16(19)22/h2-12H,13,22H2,1H3. The van der Waals surface area contributed by atoms with E-state index in [0.29, 0.717) is 16.9 Å². The van der Waals surface area contributed by atoms with Gasteiger partial charge in [-0.1, -0.05) is 30.3 Å². The summed E-state index contributed by atoms with van der Waals surface area (Å²) in [4.78, 5) is 24.8. The molecule has 0 spiro atoms. The Labute approximate surface area is 160 Å². The van der Waals surface area contributed by atoms with Crippen LogP contribution in [0.25, 0.3) is 16.6 Å². The molecule has 0 saturated carbocycles. The Kier molecular flexibility index (Phi) is 4.41. The van der Waals surface area contributed by atoms with Crippen LogP contribution in [0.15, 0.2) is 67.0 Å². The summed E-state index contributed by atoms with van der Waals surface area (Å²) in [6.07, 6.45) is 3.36. The van der Waals surface area contributed by atoms with Crippen LogP contribution in [0.5, 0.6) is 0 Å². The molecule has 0 atom stereocenters. The van der Waals surface area contributed by atoms with Crippen LogP contribution in [0.1, 0.15) is 20.8 Å². The molecule has 4 aromatic rings. The highest BCUT2D eigenvalue weighted by atomic mass is 16.5.